The fourth-order valence-electron chi connectivity index (χ4n) is 6.82. The van der Waals surface area contributed by atoms with E-state index in [9.17, 15) is 4.79 Å². The van der Waals surface area contributed by atoms with Gasteiger partial charge in [0.05, 0.1) is 31.1 Å². The van der Waals surface area contributed by atoms with Crippen LogP contribution >= 0.6 is 0 Å². The van der Waals surface area contributed by atoms with Crippen molar-refractivity contribution in [2.75, 3.05) is 39.4 Å². The number of carbonyl (C=O) groups is 1. The third kappa shape index (κ3) is 9.48. The molecule has 2 amide bonds. The summed E-state index contributed by atoms with van der Waals surface area (Å²) in [6.07, 6.45) is 7.85. The third-order valence-corrected chi connectivity index (χ3v) is 9.89. The van der Waals surface area contributed by atoms with Crippen molar-refractivity contribution >= 4 is 23.5 Å². The van der Waals surface area contributed by atoms with Crippen LogP contribution in [-0.4, -0.2) is 71.6 Å². The number of nitrogens with one attached hydrogen (secondary N) is 4. The molecule has 0 unspecified atom stereocenters. The van der Waals surface area contributed by atoms with Gasteiger partial charge < -0.3 is 25.4 Å². The average molecular weight is 708 g/mol. The first-order valence-corrected chi connectivity index (χ1v) is 18.4. The second-order valence-electron chi connectivity index (χ2n) is 14.9. The van der Waals surface area contributed by atoms with Gasteiger partial charge in [-0.05, 0) is 73.1 Å². The number of nitrogens with two attached hydrogens (primary N) is 1. The van der Waals surface area contributed by atoms with E-state index >= 15 is 0 Å². The summed E-state index contributed by atoms with van der Waals surface area (Å²) in [4.78, 5) is 22.9. The lowest BCUT2D eigenvalue weighted by atomic mass is 9.85. The highest BCUT2D eigenvalue weighted by molar-refractivity contribution is 6.05. The van der Waals surface area contributed by atoms with E-state index in [0.29, 0.717) is 36.1 Å². The number of hydrogen-bond donors (Lipinski definition) is 5. The van der Waals surface area contributed by atoms with E-state index in [2.05, 4.69) is 21.6 Å². The molecule has 2 saturated heterocycles. The van der Waals surface area contributed by atoms with Crippen molar-refractivity contribution in [2.24, 2.45) is 16.1 Å². The van der Waals surface area contributed by atoms with Crippen LogP contribution in [-0.2, 0) is 11.3 Å². The lowest BCUT2D eigenvalue weighted by molar-refractivity contribution is 0.0342. The van der Waals surface area contributed by atoms with Crippen molar-refractivity contribution in [3.63, 3.8) is 0 Å². The molecular weight excluding hydrogens is 654 g/mol. The Labute approximate surface area is 306 Å². The van der Waals surface area contributed by atoms with Gasteiger partial charge >= 0.3 is 6.03 Å². The fourth-order valence-corrected chi connectivity index (χ4v) is 6.82. The summed E-state index contributed by atoms with van der Waals surface area (Å²) < 4.78 is 13.6. The molecule has 6 N–H and O–H groups in total. The quantitative estimate of drug-likeness (QED) is 0.151. The highest BCUT2D eigenvalue weighted by Gasteiger charge is 2.30. The number of nitrogens with zero attached hydrogens (tertiary/aromatic N) is 4. The Hall–Kier alpha value is -4.94. The van der Waals surface area contributed by atoms with E-state index < -0.39 is 0 Å². The zero-order valence-corrected chi connectivity index (χ0v) is 30.7. The van der Waals surface area contributed by atoms with Crippen molar-refractivity contribution in [1.29, 1.82) is 10.8 Å². The number of fused-ring (bicyclic) bond motifs is 1. The number of carbonyl (C=O) groups excluding carboxylic acids is 1. The van der Waals surface area contributed by atoms with Crippen LogP contribution in [0.3, 0.4) is 0 Å². The molecule has 276 valence electrons. The Morgan fingerprint density at radius 1 is 1.00 bits per heavy atom. The van der Waals surface area contributed by atoms with Crippen molar-refractivity contribution in [1.82, 2.24) is 25.0 Å². The summed E-state index contributed by atoms with van der Waals surface area (Å²) in [5, 5.41) is 23.4. The normalized spacial score (nSPS) is 20.2. The molecule has 0 spiro atoms. The maximum absolute atomic E-state index is 13.7. The monoisotopic (exact) mass is 707 g/mol. The van der Waals surface area contributed by atoms with E-state index in [1.807, 2.05) is 68.1 Å². The van der Waals surface area contributed by atoms with Gasteiger partial charge in [-0.1, -0.05) is 57.2 Å². The number of hydrogen-bond acceptors (Lipinski definition) is 8. The Morgan fingerprint density at radius 3 is 2.50 bits per heavy atom. The number of amides is 2. The molecule has 52 heavy (non-hydrogen) atoms. The number of aromatic nitrogens is 1. The number of likely N-dealkylation sites (tertiary alicyclic amines) is 1. The van der Waals surface area contributed by atoms with Crippen LogP contribution in [0.25, 0.3) is 0 Å². The molecule has 2 aliphatic heterocycles. The first-order valence-electron chi connectivity index (χ1n) is 18.4. The van der Waals surface area contributed by atoms with Crippen molar-refractivity contribution in [2.45, 2.75) is 71.6 Å². The molecular formula is C40H53N9O3. The molecule has 2 fully saturated rings. The van der Waals surface area contributed by atoms with Gasteiger partial charge in [0.25, 0.3) is 0 Å². The topological polar surface area (TPSA) is 157 Å². The summed E-state index contributed by atoms with van der Waals surface area (Å²) in [6, 6.07) is 18.9. The number of aliphatic imine (C=N–C) groups is 1. The lowest BCUT2D eigenvalue weighted by Crippen LogP contribution is -2.43. The number of piperidine rings is 1. The number of benzene rings is 2. The number of morpholine rings is 1. The number of amidine groups is 1. The SMILES string of the molecule is CC(C)(C)/C(N)=C/C(=Nc1cccc(CN2CCOCC2)c1)NC(=O)N[C@H]1CC[C@@H](Oc2ccc(=N)n(C(=N)N3CCCCC3)c2)c2ccccc21. The standard InChI is InChI=1S/C40H53N9O3/c1-40(2,3)35(41)25-37(44-29-11-9-10-28(24-29)26-47-20-22-51-23-21-47)46-39(50)45-33-15-16-34(32-13-6-5-12-31(32)33)52-30-14-17-36(42)49(27-30)38(43)48-18-7-4-8-19-48/h5-6,9-14,17,24-25,27,33-34,42-43H,4,7-8,15-16,18-23,26,41H2,1-3H3,(H2,44,45,46,50)/b35-25-,42-36?,43-38?/t33-,34+/m0/s1. The van der Waals surface area contributed by atoms with Crippen LogP contribution in [0.15, 0.2) is 83.6 Å². The lowest BCUT2D eigenvalue weighted by Gasteiger charge is -2.33. The van der Waals surface area contributed by atoms with Crippen LogP contribution in [0.2, 0.25) is 0 Å². The van der Waals surface area contributed by atoms with Crippen LogP contribution in [0.1, 0.15) is 81.7 Å². The van der Waals surface area contributed by atoms with Gasteiger partial charge in [0, 0.05) is 49.9 Å². The molecule has 2 atom stereocenters. The summed E-state index contributed by atoms with van der Waals surface area (Å²) in [7, 11) is 0. The second kappa shape index (κ2) is 16.6. The van der Waals surface area contributed by atoms with Gasteiger partial charge in [0.15, 0.2) is 0 Å². The summed E-state index contributed by atoms with van der Waals surface area (Å²) >= 11 is 0. The van der Waals surface area contributed by atoms with Gasteiger partial charge in [-0.15, -0.1) is 0 Å². The first kappa shape index (κ1) is 36.8. The average Bonchev–Trinajstić information content (AvgIpc) is 3.13. The zero-order chi connectivity index (χ0) is 36.7. The van der Waals surface area contributed by atoms with Gasteiger partial charge in [-0.3, -0.25) is 25.6 Å². The highest BCUT2D eigenvalue weighted by Crippen LogP contribution is 2.38. The van der Waals surface area contributed by atoms with Gasteiger partial charge in [-0.25, -0.2) is 9.79 Å². The highest BCUT2D eigenvalue weighted by atomic mass is 16.5. The minimum absolute atomic E-state index is 0.241. The Bertz CT molecular complexity index is 1850. The van der Waals surface area contributed by atoms with E-state index in [0.717, 1.165) is 81.2 Å². The summed E-state index contributed by atoms with van der Waals surface area (Å²) in [5.74, 6) is 1.26. The van der Waals surface area contributed by atoms with Gasteiger partial charge in [0.1, 0.15) is 23.2 Å². The number of pyridine rings is 1. The molecule has 12 nitrogen and oxygen atoms in total. The fraction of sp³-hybridized carbons (Fsp3) is 0.450. The predicted molar refractivity (Wildman–Crippen MR) is 204 cm³/mol. The smallest absolute Gasteiger partial charge is 0.320 e. The van der Waals surface area contributed by atoms with E-state index in [-0.39, 0.29) is 29.1 Å². The Morgan fingerprint density at radius 2 is 1.75 bits per heavy atom. The molecule has 0 bridgehead atoms. The molecule has 3 heterocycles. The molecule has 6 rings (SSSR count). The molecule has 1 aliphatic carbocycles. The maximum Gasteiger partial charge on any atom is 0.320 e. The number of ether oxygens (including phenoxy) is 2. The van der Waals surface area contributed by atoms with E-state index in [1.165, 1.54) is 6.42 Å². The molecule has 3 aliphatic rings. The molecule has 0 radical (unpaired) electrons. The number of allylic oxidation sites excluding steroid dienone is 1. The van der Waals surface area contributed by atoms with Crippen LogP contribution in [0, 0.1) is 16.2 Å². The first-order chi connectivity index (χ1) is 25.0. The molecule has 2 aromatic carbocycles. The van der Waals surface area contributed by atoms with Crippen molar-refractivity contribution in [3.05, 3.63) is 101 Å². The number of urea groups is 1. The summed E-state index contributed by atoms with van der Waals surface area (Å²) in [6.45, 7) is 11.8. The predicted octanol–water partition coefficient (Wildman–Crippen LogP) is 5.94. The van der Waals surface area contributed by atoms with Gasteiger partial charge in [-0.2, -0.15) is 0 Å². The summed E-state index contributed by atoms with van der Waals surface area (Å²) in [5.41, 5.74) is 10.9. The largest absolute Gasteiger partial charge is 0.484 e. The van der Waals surface area contributed by atoms with Crippen molar-refractivity contribution in [3.8, 4) is 5.75 Å². The van der Waals surface area contributed by atoms with Crippen LogP contribution < -0.4 is 26.6 Å². The maximum atomic E-state index is 13.7. The second-order valence-corrected chi connectivity index (χ2v) is 14.9. The zero-order valence-electron chi connectivity index (χ0n) is 30.7. The molecule has 1 aromatic heterocycles. The molecule has 12 heteroatoms. The van der Waals surface area contributed by atoms with E-state index in [1.54, 1.807) is 29.0 Å². The number of rotatable bonds is 7. The van der Waals surface area contributed by atoms with Crippen molar-refractivity contribution < 1.29 is 14.3 Å². The van der Waals surface area contributed by atoms with Crippen LogP contribution in [0.5, 0.6) is 5.75 Å². The molecule has 0 saturated carbocycles. The van der Waals surface area contributed by atoms with Gasteiger partial charge in [0.2, 0.25) is 5.96 Å². The molecule has 3 aromatic rings. The Balaban J connectivity index is 1.16. The minimum atomic E-state index is -0.372. The minimum Gasteiger partial charge on any atom is -0.484 e. The Kier molecular flexibility index (Phi) is 11.8. The van der Waals surface area contributed by atoms with Crippen LogP contribution in [0.4, 0.5) is 10.5 Å². The third-order valence-electron chi connectivity index (χ3n) is 9.89. The van der Waals surface area contributed by atoms with E-state index in [4.69, 9.17) is 31.0 Å².